The van der Waals surface area contributed by atoms with Crippen molar-refractivity contribution in [3.63, 3.8) is 0 Å². The van der Waals surface area contributed by atoms with Crippen molar-refractivity contribution in [1.82, 2.24) is 15.2 Å². The molecule has 5 nitrogen and oxygen atoms in total. The minimum absolute atomic E-state index is 0.116. The van der Waals surface area contributed by atoms with Crippen molar-refractivity contribution in [3.05, 3.63) is 23.9 Å². The molecular weight excluding hydrogens is 216 g/mol. The van der Waals surface area contributed by atoms with Crippen LogP contribution in [0.1, 0.15) is 12.0 Å². The third-order valence-electron chi connectivity index (χ3n) is 2.83. The van der Waals surface area contributed by atoms with E-state index in [2.05, 4.69) is 20.5 Å². The van der Waals surface area contributed by atoms with E-state index < -0.39 is 0 Å². The molecule has 0 radical (unpaired) electrons. The number of carbonyl (C=O) groups is 1. The first-order valence-corrected chi connectivity index (χ1v) is 5.89. The van der Waals surface area contributed by atoms with Crippen LogP contribution in [0.25, 0.3) is 0 Å². The van der Waals surface area contributed by atoms with Crippen LogP contribution in [0.5, 0.6) is 0 Å². The molecule has 2 N–H and O–H groups in total. The van der Waals surface area contributed by atoms with E-state index in [9.17, 15) is 4.79 Å². The number of aromatic nitrogens is 1. The summed E-state index contributed by atoms with van der Waals surface area (Å²) in [7, 11) is 1.85. The Morgan fingerprint density at radius 3 is 3.29 bits per heavy atom. The second kappa shape index (κ2) is 5.63. The molecule has 92 valence electrons. The molecule has 0 saturated carbocycles. The molecule has 1 amide bonds. The van der Waals surface area contributed by atoms with E-state index in [-0.39, 0.29) is 5.91 Å². The van der Waals surface area contributed by atoms with Gasteiger partial charge in [0.15, 0.2) is 0 Å². The summed E-state index contributed by atoms with van der Waals surface area (Å²) in [6.07, 6.45) is 2.80. The lowest BCUT2D eigenvalue weighted by Crippen LogP contribution is -2.32. The predicted octanol–water partition coefficient (Wildman–Crippen LogP) is 0.445. The first-order chi connectivity index (χ1) is 8.28. The van der Waals surface area contributed by atoms with E-state index in [4.69, 9.17) is 0 Å². The van der Waals surface area contributed by atoms with Gasteiger partial charge in [-0.2, -0.15) is 0 Å². The van der Waals surface area contributed by atoms with Gasteiger partial charge >= 0.3 is 0 Å². The van der Waals surface area contributed by atoms with Crippen LogP contribution in [0.3, 0.4) is 0 Å². The van der Waals surface area contributed by atoms with Gasteiger partial charge in [0.05, 0.1) is 6.54 Å². The maximum absolute atomic E-state index is 11.4. The Balaban J connectivity index is 2.00. The van der Waals surface area contributed by atoms with E-state index in [1.807, 2.05) is 19.2 Å². The molecule has 17 heavy (non-hydrogen) atoms. The summed E-state index contributed by atoms with van der Waals surface area (Å²) in [5.74, 6) is 0.979. The Labute approximate surface area is 101 Å². The molecule has 1 aromatic heterocycles. The second-order valence-corrected chi connectivity index (χ2v) is 4.21. The highest BCUT2D eigenvalue weighted by atomic mass is 16.2. The highest BCUT2D eigenvalue weighted by Crippen LogP contribution is 2.10. The molecule has 0 bridgehead atoms. The van der Waals surface area contributed by atoms with Gasteiger partial charge in [0.25, 0.3) is 0 Å². The standard InChI is InChI=1S/C12H18N4O/c1-13-11-7-10(3-5-14-11)8-16-6-2-4-15-12(17)9-16/h3,5,7H,2,4,6,8-9H2,1H3,(H,13,14)(H,15,17). The molecule has 0 spiro atoms. The molecule has 0 aliphatic carbocycles. The van der Waals surface area contributed by atoms with Crippen LogP contribution in [0.4, 0.5) is 5.82 Å². The normalized spacial score (nSPS) is 17.4. The predicted molar refractivity (Wildman–Crippen MR) is 66.7 cm³/mol. The van der Waals surface area contributed by atoms with Gasteiger partial charge in [0.1, 0.15) is 5.82 Å². The van der Waals surface area contributed by atoms with Crippen LogP contribution in [0.2, 0.25) is 0 Å². The Morgan fingerprint density at radius 2 is 2.47 bits per heavy atom. The zero-order valence-corrected chi connectivity index (χ0v) is 10.1. The molecule has 1 fully saturated rings. The molecule has 5 heteroatoms. The monoisotopic (exact) mass is 234 g/mol. The number of anilines is 1. The largest absolute Gasteiger partial charge is 0.373 e. The fraction of sp³-hybridized carbons (Fsp3) is 0.500. The lowest BCUT2D eigenvalue weighted by Gasteiger charge is -2.18. The van der Waals surface area contributed by atoms with Gasteiger partial charge in [-0.25, -0.2) is 4.98 Å². The van der Waals surface area contributed by atoms with Crippen molar-refractivity contribution in [2.75, 3.05) is 32.0 Å². The minimum Gasteiger partial charge on any atom is -0.373 e. The number of pyridine rings is 1. The molecule has 1 aliphatic rings. The molecular formula is C12H18N4O. The fourth-order valence-corrected chi connectivity index (χ4v) is 1.97. The van der Waals surface area contributed by atoms with Crippen molar-refractivity contribution in [2.24, 2.45) is 0 Å². The minimum atomic E-state index is 0.116. The number of hydrogen-bond acceptors (Lipinski definition) is 4. The van der Waals surface area contributed by atoms with Gasteiger partial charge in [-0.3, -0.25) is 9.69 Å². The van der Waals surface area contributed by atoms with Crippen LogP contribution in [-0.2, 0) is 11.3 Å². The summed E-state index contributed by atoms with van der Waals surface area (Å²) in [5.41, 5.74) is 1.18. The Kier molecular flexibility index (Phi) is 3.93. The number of amides is 1. The maximum Gasteiger partial charge on any atom is 0.234 e. The molecule has 2 heterocycles. The summed E-state index contributed by atoms with van der Waals surface area (Å²) in [6, 6.07) is 4.01. The Morgan fingerprint density at radius 1 is 1.59 bits per heavy atom. The summed E-state index contributed by atoms with van der Waals surface area (Å²) < 4.78 is 0. The SMILES string of the molecule is CNc1cc(CN2CCCNC(=O)C2)ccn1. The molecule has 1 aliphatic heterocycles. The van der Waals surface area contributed by atoms with E-state index in [1.54, 1.807) is 6.20 Å². The van der Waals surface area contributed by atoms with E-state index in [0.29, 0.717) is 6.54 Å². The third-order valence-corrected chi connectivity index (χ3v) is 2.83. The Bertz CT molecular complexity index is 394. The lowest BCUT2D eigenvalue weighted by molar-refractivity contribution is -0.121. The van der Waals surface area contributed by atoms with E-state index in [0.717, 1.165) is 31.9 Å². The summed E-state index contributed by atoms with van der Waals surface area (Å²) in [4.78, 5) is 17.8. The van der Waals surface area contributed by atoms with Crippen LogP contribution in [0.15, 0.2) is 18.3 Å². The lowest BCUT2D eigenvalue weighted by atomic mass is 10.2. The van der Waals surface area contributed by atoms with Crippen molar-refractivity contribution in [3.8, 4) is 0 Å². The summed E-state index contributed by atoms with van der Waals surface area (Å²) in [5, 5.41) is 5.89. The van der Waals surface area contributed by atoms with Gasteiger partial charge in [-0.1, -0.05) is 0 Å². The number of carbonyl (C=O) groups excluding carboxylic acids is 1. The average molecular weight is 234 g/mol. The van der Waals surface area contributed by atoms with Gasteiger partial charge in [0, 0.05) is 32.9 Å². The number of rotatable bonds is 3. The zero-order chi connectivity index (χ0) is 12.1. The molecule has 0 aromatic carbocycles. The topological polar surface area (TPSA) is 57.3 Å². The maximum atomic E-state index is 11.4. The van der Waals surface area contributed by atoms with Crippen molar-refractivity contribution in [2.45, 2.75) is 13.0 Å². The number of nitrogens with zero attached hydrogens (tertiary/aromatic N) is 2. The van der Waals surface area contributed by atoms with E-state index >= 15 is 0 Å². The second-order valence-electron chi connectivity index (χ2n) is 4.21. The first-order valence-electron chi connectivity index (χ1n) is 5.89. The highest BCUT2D eigenvalue weighted by molar-refractivity contribution is 5.78. The highest BCUT2D eigenvalue weighted by Gasteiger charge is 2.14. The smallest absolute Gasteiger partial charge is 0.234 e. The van der Waals surface area contributed by atoms with Gasteiger partial charge in [0.2, 0.25) is 5.91 Å². The number of nitrogens with one attached hydrogen (secondary N) is 2. The van der Waals surface area contributed by atoms with E-state index in [1.165, 1.54) is 5.56 Å². The van der Waals surface area contributed by atoms with Crippen LogP contribution in [0, 0.1) is 0 Å². The summed E-state index contributed by atoms with van der Waals surface area (Å²) in [6.45, 7) is 3.02. The van der Waals surface area contributed by atoms with Crippen LogP contribution in [-0.4, -0.2) is 42.5 Å². The van der Waals surface area contributed by atoms with Crippen LogP contribution < -0.4 is 10.6 Å². The first kappa shape index (κ1) is 11.9. The van der Waals surface area contributed by atoms with Crippen molar-refractivity contribution in [1.29, 1.82) is 0 Å². The fourth-order valence-electron chi connectivity index (χ4n) is 1.97. The van der Waals surface area contributed by atoms with Crippen molar-refractivity contribution < 1.29 is 4.79 Å². The molecule has 1 aromatic rings. The third kappa shape index (κ3) is 3.42. The Hall–Kier alpha value is -1.62. The summed E-state index contributed by atoms with van der Waals surface area (Å²) >= 11 is 0. The zero-order valence-electron chi connectivity index (χ0n) is 10.1. The number of hydrogen-bond donors (Lipinski definition) is 2. The molecule has 1 saturated heterocycles. The molecule has 0 atom stereocenters. The van der Waals surface area contributed by atoms with Crippen LogP contribution >= 0.6 is 0 Å². The quantitative estimate of drug-likeness (QED) is 0.797. The van der Waals surface area contributed by atoms with Gasteiger partial charge < -0.3 is 10.6 Å². The molecule has 2 rings (SSSR count). The molecule has 0 unspecified atom stereocenters. The van der Waals surface area contributed by atoms with Gasteiger partial charge in [-0.15, -0.1) is 0 Å². The van der Waals surface area contributed by atoms with Crippen molar-refractivity contribution >= 4 is 11.7 Å². The van der Waals surface area contributed by atoms with Gasteiger partial charge in [-0.05, 0) is 24.1 Å². The average Bonchev–Trinajstić information content (AvgIpc) is 2.54.